The van der Waals surface area contributed by atoms with Gasteiger partial charge in [0.1, 0.15) is 0 Å². The van der Waals surface area contributed by atoms with Gasteiger partial charge in [-0.2, -0.15) is 0 Å². The molecule has 0 bridgehead atoms. The monoisotopic (exact) mass is 258 g/mol. The van der Waals surface area contributed by atoms with E-state index in [0.717, 1.165) is 0 Å². The third kappa shape index (κ3) is 2.84. The number of rotatable bonds is 1. The van der Waals surface area contributed by atoms with Crippen LogP contribution in [0.4, 0.5) is 0 Å². The second kappa shape index (κ2) is 5.30. The Morgan fingerprint density at radius 3 is 2.44 bits per heavy atom. The van der Waals surface area contributed by atoms with E-state index in [9.17, 15) is 4.79 Å². The highest BCUT2D eigenvalue weighted by atomic mass is 35.5. The highest BCUT2D eigenvalue weighted by Gasteiger charge is 2.02. The lowest BCUT2D eigenvalue weighted by Gasteiger charge is -1.94. The molecule has 0 aliphatic rings. The van der Waals surface area contributed by atoms with Gasteiger partial charge in [-0.3, -0.25) is 0 Å². The number of halogens is 1. The van der Waals surface area contributed by atoms with Gasteiger partial charge < -0.3 is 5.11 Å². The third-order valence-electron chi connectivity index (χ3n) is 2.08. The molecule has 1 aromatic heterocycles. The Morgan fingerprint density at radius 2 is 1.83 bits per heavy atom. The van der Waals surface area contributed by atoms with Crippen LogP contribution in [0, 0.1) is 11.8 Å². The molecule has 2 aromatic rings. The number of aromatic carboxylic acids is 1. The molecule has 0 aliphatic carbocycles. The lowest BCUT2D eigenvalue weighted by molar-refractivity contribution is 0.0696. The Hall–Kier alpha value is -2.38. The Morgan fingerprint density at radius 1 is 1.17 bits per heavy atom. The Balaban J connectivity index is 2.25. The summed E-state index contributed by atoms with van der Waals surface area (Å²) in [5.41, 5.74) is 0.698. The second-order valence-corrected chi connectivity index (χ2v) is 3.74. The maximum absolute atomic E-state index is 10.6. The van der Waals surface area contributed by atoms with E-state index in [0.29, 0.717) is 10.6 Å². The summed E-state index contributed by atoms with van der Waals surface area (Å²) in [5, 5.41) is 9.23. The maximum Gasteiger partial charge on any atom is 0.338 e. The number of nitrogens with zero attached hydrogens (tertiary/aromatic N) is 2. The molecule has 0 aliphatic heterocycles. The molecule has 1 N–H and O–H groups in total. The highest BCUT2D eigenvalue weighted by Crippen LogP contribution is 2.13. The fraction of sp³-hybridized carbons (Fsp3) is 0. The van der Waals surface area contributed by atoms with Crippen LogP contribution in [0.2, 0.25) is 5.02 Å². The van der Waals surface area contributed by atoms with Crippen molar-refractivity contribution in [2.45, 2.75) is 0 Å². The summed E-state index contributed by atoms with van der Waals surface area (Å²) in [7, 11) is 0. The van der Waals surface area contributed by atoms with Crippen molar-refractivity contribution >= 4 is 17.6 Å². The zero-order valence-corrected chi connectivity index (χ0v) is 9.85. The van der Waals surface area contributed by atoms with Gasteiger partial charge in [0.2, 0.25) is 5.82 Å². The smallest absolute Gasteiger partial charge is 0.338 e. The Bertz CT molecular complexity index is 642. The molecule has 0 saturated heterocycles. The molecule has 0 spiro atoms. The van der Waals surface area contributed by atoms with Crippen molar-refractivity contribution in [3.8, 4) is 11.8 Å². The largest absolute Gasteiger partial charge is 0.478 e. The summed E-state index contributed by atoms with van der Waals surface area (Å²) in [5.74, 6) is 4.72. The first kappa shape index (κ1) is 12.1. The van der Waals surface area contributed by atoms with Crippen LogP contribution >= 0.6 is 11.6 Å². The van der Waals surface area contributed by atoms with E-state index in [1.54, 1.807) is 12.1 Å². The van der Waals surface area contributed by atoms with E-state index in [-0.39, 0.29) is 11.4 Å². The quantitative estimate of drug-likeness (QED) is 0.797. The molecular formula is C13H7ClN2O2. The van der Waals surface area contributed by atoms with Crippen molar-refractivity contribution in [1.82, 2.24) is 9.97 Å². The minimum atomic E-state index is -1.07. The lowest BCUT2D eigenvalue weighted by Crippen LogP contribution is -1.99. The molecule has 1 aromatic carbocycles. The van der Waals surface area contributed by atoms with E-state index in [1.807, 2.05) is 12.1 Å². The van der Waals surface area contributed by atoms with E-state index in [4.69, 9.17) is 16.7 Å². The first-order valence-corrected chi connectivity index (χ1v) is 5.36. The summed E-state index contributed by atoms with van der Waals surface area (Å²) in [6.45, 7) is 0. The standard InChI is InChI=1S/C13H7ClN2O2/c14-11-4-2-1-3-9(11)5-6-12-15-7-10(8-16-12)13(17)18/h1-4,7-8H,(H,17,18). The van der Waals surface area contributed by atoms with Gasteiger partial charge in [0, 0.05) is 18.0 Å². The molecule has 2 rings (SSSR count). The minimum absolute atomic E-state index is 0.0262. The Kier molecular flexibility index (Phi) is 3.56. The zero-order chi connectivity index (χ0) is 13.0. The molecule has 0 saturated carbocycles. The number of carbonyl (C=O) groups is 1. The summed E-state index contributed by atoms with van der Waals surface area (Å²) in [4.78, 5) is 18.3. The molecule has 1 heterocycles. The molecule has 0 fully saturated rings. The second-order valence-electron chi connectivity index (χ2n) is 3.33. The summed E-state index contributed by atoms with van der Waals surface area (Å²) >= 11 is 5.94. The van der Waals surface area contributed by atoms with Crippen LogP contribution in [-0.2, 0) is 0 Å². The fourth-order valence-electron chi connectivity index (χ4n) is 1.19. The molecule has 18 heavy (non-hydrogen) atoms. The van der Waals surface area contributed by atoms with Crippen molar-refractivity contribution in [2.75, 3.05) is 0 Å². The van der Waals surface area contributed by atoms with E-state index in [1.165, 1.54) is 12.4 Å². The van der Waals surface area contributed by atoms with E-state index >= 15 is 0 Å². The summed E-state index contributed by atoms with van der Waals surface area (Å²) < 4.78 is 0. The van der Waals surface area contributed by atoms with Gasteiger partial charge in [-0.1, -0.05) is 29.7 Å². The van der Waals surface area contributed by atoms with Crippen LogP contribution < -0.4 is 0 Å². The molecule has 4 nitrogen and oxygen atoms in total. The first-order valence-electron chi connectivity index (χ1n) is 4.99. The van der Waals surface area contributed by atoms with Gasteiger partial charge in [-0.15, -0.1) is 0 Å². The number of aromatic nitrogens is 2. The third-order valence-corrected chi connectivity index (χ3v) is 2.41. The van der Waals surface area contributed by atoms with E-state index < -0.39 is 5.97 Å². The fourth-order valence-corrected chi connectivity index (χ4v) is 1.37. The Labute approximate surface area is 108 Å². The number of carboxylic acid groups (broad SMARTS) is 1. The SMILES string of the molecule is O=C(O)c1cnc(C#Cc2ccccc2Cl)nc1. The van der Waals surface area contributed by atoms with Crippen LogP contribution in [0.5, 0.6) is 0 Å². The molecule has 0 amide bonds. The molecule has 88 valence electrons. The van der Waals surface area contributed by atoms with Crippen LogP contribution in [0.25, 0.3) is 0 Å². The average Bonchev–Trinajstić information content (AvgIpc) is 2.38. The van der Waals surface area contributed by atoms with Crippen molar-refractivity contribution in [3.05, 3.63) is 58.6 Å². The zero-order valence-electron chi connectivity index (χ0n) is 9.09. The van der Waals surface area contributed by atoms with Gasteiger partial charge in [0.05, 0.1) is 10.6 Å². The van der Waals surface area contributed by atoms with Gasteiger partial charge in [-0.05, 0) is 18.1 Å². The van der Waals surface area contributed by atoms with Gasteiger partial charge in [-0.25, -0.2) is 14.8 Å². The minimum Gasteiger partial charge on any atom is -0.478 e. The highest BCUT2D eigenvalue weighted by molar-refractivity contribution is 6.31. The van der Waals surface area contributed by atoms with Crippen LogP contribution in [0.1, 0.15) is 21.7 Å². The molecule has 0 atom stereocenters. The van der Waals surface area contributed by atoms with Crippen molar-refractivity contribution in [3.63, 3.8) is 0 Å². The van der Waals surface area contributed by atoms with Gasteiger partial charge in [0.25, 0.3) is 0 Å². The van der Waals surface area contributed by atoms with Crippen LogP contribution in [0.3, 0.4) is 0 Å². The van der Waals surface area contributed by atoms with Crippen molar-refractivity contribution in [1.29, 1.82) is 0 Å². The number of carboxylic acids is 1. The predicted octanol–water partition coefficient (Wildman–Crippen LogP) is 2.23. The van der Waals surface area contributed by atoms with Crippen molar-refractivity contribution < 1.29 is 9.90 Å². The van der Waals surface area contributed by atoms with E-state index in [2.05, 4.69) is 21.8 Å². The topological polar surface area (TPSA) is 63.1 Å². The normalized spacial score (nSPS) is 9.39. The lowest BCUT2D eigenvalue weighted by atomic mass is 10.2. The molecule has 0 radical (unpaired) electrons. The average molecular weight is 259 g/mol. The molecular weight excluding hydrogens is 252 g/mol. The van der Waals surface area contributed by atoms with Crippen LogP contribution in [0.15, 0.2) is 36.7 Å². The summed E-state index contributed by atoms with van der Waals surface area (Å²) in [6.07, 6.45) is 2.43. The molecule has 0 unspecified atom stereocenters. The maximum atomic E-state index is 10.6. The number of benzene rings is 1. The van der Waals surface area contributed by atoms with Crippen LogP contribution in [-0.4, -0.2) is 21.0 Å². The molecule has 5 heteroatoms. The van der Waals surface area contributed by atoms with Gasteiger partial charge in [0.15, 0.2) is 0 Å². The summed E-state index contributed by atoms with van der Waals surface area (Å²) in [6, 6.07) is 7.15. The number of hydrogen-bond donors (Lipinski definition) is 1. The van der Waals surface area contributed by atoms with Gasteiger partial charge >= 0.3 is 5.97 Å². The first-order chi connectivity index (χ1) is 8.66. The van der Waals surface area contributed by atoms with Crippen molar-refractivity contribution in [2.24, 2.45) is 0 Å². The predicted molar refractivity (Wildman–Crippen MR) is 66.4 cm³/mol. The number of hydrogen-bond acceptors (Lipinski definition) is 3.